The van der Waals surface area contributed by atoms with E-state index < -0.39 is 0 Å². The molecule has 0 saturated carbocycles. The molecule has 6 N–H and O–H groups in total. The van der Waals surface area contributed by atoms with Crippen molar-refractivity contribution in [2.45, 2.75) is 53.6 Å². The highest BCUT2D eigenvalue weighted by Crippen LogP contribution is 2.42. The molecule has 2 aromatic heterocycles. The van der Waals surface area contributed by atoms with Gasteiger partial charge in [0, 0.05) is 70.8 Å². The van der Waals surface area contributed by atoms with Gasteiger partial charge in [0.1, 0.15) is 23.3 Å². The highest BCUT2D eigenvalue weighted by atomic mass is 33.1. The van der Waals surface area contributed by atoms with Crippen LogP contribution in [-0.4, -0.2) is 66.0 Å². The van der Waals surface area contributed by atoms with Gasteiger partial charge in [0.25, 0.3) is 0 Å². The third-order valence-corrected chi connectivity index (χ3v) is 8.50. The Morgan fingerprint density at radius 1 is 0.816 bits per heavy atom. The molecule has 12 nitrogen and oxygen atoms in total. The fraction of sp³-hybridized carbons (Fsp3) is 0.417. The van der Waals surface area contributed by atoms with Gasteiger partial charge < -0.3 is 31.5 Å². The van der Waals surface area contributed by atoms with Crippen molar-refractivity contribution >= 4 is 46.0 Å². The van der Waals surface area contributed by atoms with E-state index in [1.807, 2.05) is 0 Å². The van der Waals surface area contributed by atoms with Crippen LogP contribution in [0.2, 0.25) is 0 Å². The standard InChI is InChI=1S/C24H34N8O4S2/c1-15(31(13-35)11-19-9-27-17(3)29-23(19)25)21(5-7-33)37-38-22(6-8-34)16(2)32(14-36)12-20-10-28-18(4)30-24(20)26/h9-10,13-14,33-34H,5-8,11-12H2,1-4H3,(H2,25,27,29)(H2,26,28,30)/b21-15-,22-16-. The van der Waals surface area contributed by atoms with E-state index in [9.17, 15) is 19.8 Å². The molecule has 0 aliphatic heterocycles. The molecule has 2 rings (SSSR count). The average molecular weight is 563 g/mol. The van der Waals surface area contributed by atoms with E-state index >= 15 is 0 Å². The maximum Gasteiger partial charge on any atom is 0.214 e. The van der Waals surface area contributed by atoms with Gasteiger partial charge in [-0.3, -0.25) is 9.59 Å². The normalized spacial score (nSPS) is 12.5. The van der Waals surface area contributed by atoms with Crippen molar-refractivity contribution in [2.75, 3.05) is 24.7 Å². The van der Waals surface area contributed by atoms with Crippen LogP contribution in [0.25, 0.3) is 0 Å². The first-order chi connectivity index (χ1) is 18.1. The van der Waals surface area contributed by atoms with E-state index in [1.54, 1.807) is 40.1 Å². The monoisotopic (exact) mass is 562 g/mol. The number of carbonyl (C=O) groups excluding carboxylic acids is 2. The number of anilines is 2. The number of nitrogens with zero attached hydrogens (tertiary/aromatic N) is 6. The van der Waals surface area contributed by atoms with Crippen molar-refractivity contribution in [1.29, 1.82) is 0 Å². The van der Waals surface area contributed by atoms with Crippen LogP contribution in [-0.2, 0) is 22.7 Å². The lowest BCUT2D eigenvalue weighted by molar-refractivity contribution is -0.117. The minimum Gasteiger partial charge on any atom is -0.396 e. The summed E-state index contributed by atoms with van der Waals surface area (Å²) in [6.45, 7) is 7.08. The number of carbonyl (C=O) groups is 2. The van der Waals surface area contributed by atoms with Crippen molar-refractivity contribution in [3.05, 3.63) is 56.4 Å². The third-order valence-electron chi connectivity index (χ3n) is 5.56. The fourth-order valence-electron chi connectivity index (χ4n) is 3.30. The number of nitrogen functional groups attached to an aromatic ring is 2. The number of hydrogen-bond acceptors (Lipinski definition) is 12. The quantitative estimate of drug-likeness (QED) is 0.184. The molecule has 206 valence electrons. The van der Waals surface area contributed by atoms with Crippen LogP contribution in [0.5, 0.6) is 0 Å². The zero-order valence-corrected chi connectivity index (χ0v) is 23.6. The number of aryl methyl sites for hydroxylation is 2. The Kier molecular flexibility index (Phi) is 12.5. The molecule has 0 aromatic carbocycles. The van der Waals surface area contributed by atoms with Crippen molar-refractivity contribution in [3.63, 3.8) is 0 Å². The van der Waals surface area contributed by atoms with Crippen LogP contribution < -0.4 is 11.5 Å². The molecule has 0 aliphatic rings. The van der Waals surface area contributed by atoms with Gasteiger partial charge in [0.2, 0.25) is 12.8 Å². The maximum absolute atomic E-state index is 12.0. The summed E-state index contributed by atoms with van der Waals surface area (Å²) in [6, 6.07) is 0. The van der Waals surface area contributed by atoms with Gasteiger partial charge in [-0.2, -0.15) is 0 Å². The molecule has 38 heavy (non-hydrogen) atoms. The largest absolute Gasteiger partial charge is 0.396 e. The molecule has 0 fully saturated rings. The molecule has 0 saturated heterocycles. The second kappa shape index (κ2) is 15.3. The molecule has 14 heteroatoms. The van der Waals surface area contributed by atoms with Gasteiger partial charge in [-0.05, 0) is 27.7 Å². The molecule has 2 amide bonds. The van der Waals surface area contributed by atoms with Crippen LogP contribution >= 0.6 is 21.6 Å². The lowest BCUT2D eigenvalue weighted by atomic mass is 10.2. The zero-order chi connectivity index (χ0) is 28.2. The van der Waals surface area contributed by atoms with Crippen LogP contribution in [0, 0.1) is 13.8 Å². The molecule has 2 aromatic rings. The summed E-state index contributed by atoms with van der Waals surface area (Å²) in [7, 11) is 2.69. The summed E-state index contributed by atoms with van der Waals surface area (Å²) in [5, 5.41) is 19.4. The summed E-state index contributed by atoms with van der Waals surface area (Å²) in [5.41, 5.74) is 14.5. The first-order valence-electron chi connectivity index (χ1n) is 11.7. The Balaban J connectivity index is 2.30. The molecular weight excluding hydrogens is 528 g/mol. The van der Waals surface area contributed by atoms with Gasteiger partial charge in [-0.25, -0.2) is 19.9 Å². The first-order valence-corrected chi connectivity index (χ1v) is 13.9. The molecule has 0 atom stereocenters. The van der Waals surface area contributed by atoms with E-state index in [-0.39, 0.29) is 26.3 Å². The van der Waals surface area contributed by atoms with Gasteiger partial charge >= 0.3 is 0 Å². The summed E-state index contributed by atoms with van der Waals surface area (Å²) in [4.78, 5) is 45.0. The van der Waals surface area contributed by atoms with Gasteiger partial charge in [-0.15, -0.1) is 0 Å². The number of allylic oxidation sites excluding steroid dienone is 2. The Morgan fingerprint density at radius 3 is 1.47 bits per heavy atom. The number of rotatable bonds is 15. The van der Waals surface area contributed by atoms with E-state index in [2.05, 4.69) is 19.9 Å². The highest BCUT2D eigenvalue weighted by Gasteiger charge is 2.18. The minimum absolute atomic E-state index is 0.131. The summed E-state index contributed by atoms with van der Waals surface area (Å²) >= 11 is 0. The van der Waals surface area contributed by atoms with Crippen molar-refractivity contribution < 1.29 is 19.8 Å². The SMILES string of the molecule is C/C(=C(\CCO)SS/C(CCO)=C(/C)N(C=O)Cc1cnc(C)nc1N)N(C=O)Cc1cnc(C)nc1N. The number of aromatic nitrogens is 4. The van der Waals surface area contributed by atoms with Crippen LogP contribution in [0.1, 0.15) is 49.5 Å². The highest BCUT2D eigenvalue weighted by molar-refractivity contribution is 8.79. The topological polar surface area (TPSA) is 185 Å². The molecule has 0 unspecified atom stereocenters. The number of aliphatic hydroxyl groups excluding tert-OH is 2. The molecular formula is C24H34N8O4S2. The van der Waals surface area contributed by atoms with Crippen molar-refractivity contribution in [2.24, 2.45) is 0 Å². The Labute approximate surface area is 230 Å². The average Bonchev–Trinajstić information content (AvgIpc) is 2.88. The molecule has 0 radical (unpaired) electrons. The molecule has 0 spiro atoms. The number of hydrogen-bond donors (Lipinski definition) is 4. The predicted octanol–water partition coefficient (Wildman–Crippen LogP) is 2.27. The minimum atomic E-state index is -0.131. The maximum atomic E-state index is 12.0. The summed E-state index contributed by atoms with van der Waals surface area (Å²) in [6.07, 6.45) is 5.15. The van der Waals surface area contributed by atoms with E-state index in [0.717, 1.165) is 9.81 Å². The van der Waals surface area contributed by atoms with Crippen molar-refractivity contribution in [1.82, 2.24) is 29.7 Å². The number of nitrogens with two attached hydrogens (primary N) is 2. The summed E-state index contributed by atoms with van der Waals surface area (Å²) < 4.78 is 0. The van der Waals surface area contributed by atoms with Crippen LogP contribution in [0.4, 0.5) is 11.6 Å². The van der Waals surface area contributed by atoms with Gasteiger partial charge in [0.05, 0.1) is 13.1 Å². The Morgan fingerprint density at radius 2 is 1.18 bits per heavy atom. The second-order valence-electron chi connectivity index (χ2n) is 8.25. The summed E-state index contributed by atoms with van der Waals surface area (Å²) in [5.74, 6) is 1.65. The number of amides is 2. The third kappa shape index (κ3) is 8.68. The Bertz CT molecular complexity index is 1100. The molecule has 2 heterocycles. The van der Waals surface area contributed by atoms with E-state index in [0.29, 0.717) is 71.5 Å². The Hall–Kier alpha value is -3.20. The van der Waals surface area contributed by atoms with Gasteiger partial charge in [0.15, 0.2) is 0 Å². The van der Waals surface area contributed by atoms with E-state index in [4.69, 9.17) is 11.5 Å². The van der Waals surface area contributed by atoms with Crippen LogP contribution in [0.3, 0.4) is 0 Å². The zero-order valence-electron chi connectivity index (χ0n) is 21.9. The second-order valence-corrected chi connectivity index (χ2v) is 10.6. The van der Waals surface area contributed by atoms with Gasteiger partial charge in [-0.1, -0.05) is 21.6 Å². The van der Waals surface area contributed by atoms with Crippen molar-refractivity contribution in [3.8, 4) is 0 Å². The van der Waals surface area contributed by atoms with Crippen LogP contribution in [0.15, 0.2) is 33.6 Å². The first kappa shape index (κ1) is 31.0. The lowest BCUT2D eigenvalue weighted by Crippen LogP contribution is -2.22. The van der Waals surface area contributed by atoms with E-state index in [1.165, 1.54) is 31.4 Å². The lowest BCUT2D eigenvalue weighted by Gasteiger charge is -2.24. The molecule has 0 bridgehead atoms. The molecule has 0 aliphatic carbocycles. The predicted molar refractivity (Wildman–Crippen MR) is 150 cm³/mol. The fourth-order valence-corrected chi connectivity index (χ4v) is 6.15. The smallest absolute Gasteiger partial charge is 0.214 e. The number of aliphatic hydroxyl groups is 2.